The van der Waals surface area contributed by atoms with E-state index in [0.29, 0.717) is 19.5 Å². The summed E-state index contributed by atoms with van der Waals surface area (Å²) in [5.41, 5.74) is 4.80. The highest BCUT2D eigenvalue weighted by Gasteiger charge is 2.45. The Balaban J connectivity index is 1.31. The van der Waals surface area contributed by atoms with Gasteiger partial charge in [-0.25, -0.2) is 13.1 Å². The number of sulfonamides is 1. The van der Waals surface area contributed by atoms with Crippen molar-refractivity contribution in [3.63, 3.8) is 0 Å². The van der Waals surface area contributed by atoms with Crippen LogP contribution in [0.15, 0.2) is 89.1 Å². The molecule has 0 spiro atoms. The molecule has 1 saturated heterocycles. The predicted octanol–water partition coefficient (Wildman–Crippen LogP) is 4.14. The molecule has 10 heteroatoms. The topological polar surface area (TPSA) is 95.0 Å². The number of aromatic nitrogens is 5. The highest BCUT2D eigenvalue weighted by molar-refractivity contribution is 7.89. The number of hydrogen-bond acceptors (Lipinski definition) is 5. The fraction of sp³-hybridized carbons (Fsp3) is 0.323. The van der Waals surface area contributed by atoms with Crippen LogP contribution in [-0.2, 0) is 28.9 Å². The molecule has 1 atom stereocenters. The lowest BCUT2D eigenvalue weighted by molar-refractivity contribution is 0.412. The third-order valence-corrected chi connectivity index (χ3v) is 10.3. The number of fused-ring (bicyclic) bond motifs is 1. The summed E-state index contributed by atoms with van der Waals surface area (Å²) in [7, 11) is -2.00. The van der Waals surface area contributed by atoms with Gasteiger partial charge in [-0.2, -0.15) is 14.5 Å². The number of aryl methyl sites for hydroxylation is 2. The molecule has 210 valence electrons. The lowest BCUT2D eigenvalue weighted by Gasteiger charge is -2.32. The zero-order chi connectivity index (χ0) is 28.4. The van der Waals surface area contributed by atoms with Gasteiger partial charge in [0, 0.05) is 55.4 Å². The van der Waals surface area contributed by atoms with Crippen LogP contribution in [0.3, 0.4) is 0 Å². The molecule has 1 saturated carbocycles. The summed E-state index contributed by atoms with van der Waals surface area (Å²) >= 11 is 0. The average molecular weight is 569 g/mol. The second-order valence-electron chi connectivity index (χ2n) is 11.5. The van der Waals surface area contributed by atoms with Gasteiger partial charge in [-0.3, -0.25) is 9.48 Å². The molecule has 1 aliphatic heterocycles. The van der Waals surface area contributed by atoms with E-state index in [1.807, 2.05) is 45.9 Å². The molecule has 2 fully saturated rings. The second kappa shape index (κ2) is 9.53. The van der Waals surface area contributed by atoms with Gasteiger partial charge in [0.05, 0.1) is 17.4 Å². The molecule has 1 aliphatic carbocycles. The fourth-order valence-electron chi connectivity index (χ4n) is 6.36. The van der Waals surface area contributed by atoms with Crippen molar-refractivity contribution in [3.8, 4) is 5.69 Å². The lowest BCUT2D eigenvalue weighted by Crippen LogP contribution is -2.36. The Labute approximate surface area is 238 Å². The van der Waals surface area contributed by atoms with Crippen molar-refractivity contribution < 1.29 is 8.42 Å². The molecule has 0 N–H and O–H groups in total. The van der Waals surface area contributed by atoms with Gasteiger partial charge >= 0.3 is 0 Å². The second-order valence-corrected chi connectivity index (χ2v) is 13.4. The van der Waals surface area contributed by atoms with Crippen molar-refractivity contribution in [3.05, 3.63) is 106 Å². The highest BCUT2D eigenvalue weighted by Crippen LogP contribution is 2.42. The van der Waals surface area contributed by atoms with Gasteiger partial charge < -0.3 is 4.57 Å². The van der Waals surface area contributed by atoms with Crippen LogP contribution in [0.5, 0.6) is 0 Å². The van der Waals surface area contributed by atoms with E-state index in [9.17, 15) is 13.2 Å². The van der Waals surface area contributed by atoms with Gasteiger partial charge in [-0.05, 0) is 73.6 Å². The van der Waals surface area contributed by atoms with Crippen LogP contribution < -0.4 is 5.56 Å². The summed E-state index contributed by atoms with van der Waals surface area (Å²) in [6, 6.07) is 19.9. The van der Waals surface area contributed by atoms with Gasteiger partial charge in [0.25, 0.3) is 15.6 Å². The Morgan fingerprint density at radius 2 is 1.85 bits per heavy atom. The molecule has 0 amide bonds. The van der Waals surface area contributed by atoms with Crippen LogP contribution >= 0.6 is 0 Å². The van der Waals surface area contributed by atoms with Crippen molar-refractivity contribution >= 4 is 20.9 Å². The van der Waals surface area contributed by atoms with Crippen molar-refractivity contribution in [1.82, 2.24) is 28.4 Å². The van der Waals surface area contributed by atoms with Crippen molar-refractivity contribution in [1.29, 1.82) is 0 Å². The lowest BCUT2D eigenvalue weighted by atomic mass is 9.73. The molecular weight excluding hydrogens is 536 g/mol. The number of hydrogen-bond donors (Lipinski definition) is 0. The first kappa shape index (κ1) is 25.9. The molecule has 4 heterocycles. The molecule has 0 bridgehead atoms. The van der Waals surface area contributed by atoms with Gasteiger partial charge in [-0.1, -0.05) is 30.3 Å². The summed E-state index contributed by atoms with van der Waals surface area (Å²) in [4.78, 5) is 12.4. The van der Waals surface area contributed by atoms with Gasteiger partial charge in [0.1, 0.15) is 0 Å². The first-order valence-electron chi connectivity index (χ1n) is 14.0. The van der Waals surface area contributed by atoms with Crippen LogP contribution in [0.1, 0.15) is 42.0 Å². The fourth-order valence-corrected chi connectivity index (χ4v) is 7.84. The summed E-state index contributed by atoms with van der Waals surface area (Å²) in [5.74, 6) is 0. The highest BCUT2D eigenvalue weighted by atomic mass is 32.2. The number of pyridine rings is 1. The minimum atomic E-state index is -3.73. The quantitative estimate of drug-likeness (QED) is 0.294. The summed E-state index contributed by atoms with van der Waals surface area (Å²) in [6.07, 6.45) is 8.90. The summed E-state index contributed by atoms with van der Waals surface area (Å²) < 4.78 is 34.0. The van der Waals surface area contributed by atoms with E-state index < -0.39 is 15.4 Å². The molecule has 2 aliphatic rings. The Morgan fingerprint density at radius 1 is 1.05 bits per heavy atom. The number of benzene rings is 2. The van der Waals surface area contributed by atoms with Crippen molar-refractivity contribution in [2.24, 2.45) is 7.05 Å². The Kier molecular flexibility index (Phi) is 6.02. The standard InChI is InChI=1S/C31H32N6O3S/c1-22-16-28-24(19-32-37(28)26-10-11-30(38)36(20-26)25-8-9-25)17-27(22)31(18-23-6-4-3-5-7-23)13-15-35(21-31)41(39,40)29-12-14-34(2)33-29/h3-7,10-12,14,16-17,19-20,25H,8-9,13,15,18,21H2,1-2H3. The van der Waals surface area contributed by atoms with E-state index in [4.69, 9.17) is 5.10 Å². The molecule has 5 aromatic rings. The molecular formula is C31H32N6O3S. The van der Waals surface area contributed by atoms with E-state index in [0.717, 1.165) is 47.0 Å². The Bertz CT molecular complexity index is 1940. The van der Waals surface area contributed by atoms with Crippen molar-refractivity contribution in [2.45, 2.75) is 49.1 Å². The average Bonchev–Trinajstić information content (AvgIpc) is 3.33. The maximum atomic E-state index is 13.6. The van der Waals surface area contributed by atoms with E-state index in [1.54, 1.807) is 29.7 Å². The maximum absolute atomic E-state index is 13.6. The predicted molar refractivity (Wildman–Crippen MR) is 157 cm³/mol. The minimum Gasteiger partial charge on any atom is -0.310 e. The normalized spacial score (nSPS) is 19.8. The monoisotopic (exact) mass is 568 g/mol. The van der Waals surface area contributed by atoms with Crippen LogP contribution in [0.25, 0.3) is 16.6 Å². The largest absolute Gasteiger partial charge is 0.310 e. The van der Waals surface area contributed by atoms with Crippen LogP contribution in [0.2, 0.25) is 0 Å². The van der Waals surface area contributed by atoms with E-state index in [-0.39, 0.29) is 16.6 Å². The summed E-state index contributed by atoms with van der Waals surface area (Å²) in [5, 5.41) is 9.97. The van der Waals surface area contributed by atoms with E-state index in [1.165, 1.54) is 10.2 Å². The summed E-state index contributed by atoms with van der Waals surface area (Å²) in [6.45, 7) is 2.89. The molecule has 9 nitrogen and oxygen atoms in total. The molecule has 41 heavy (non-hydrogen) atoms. The molecule has 0 radical (unpaired) electrons. The minimum absolute atomic E-state index is 0.0143. The Morgan fingerprint density at radius 3 is 2.59 bits per heavy atom. The van der Waals surface area contributed by atoms with Crippen LogP contribution in [0, 0.1) is 6.92 Å². The van der Waals surface area contributed by atoms with Crippen molar-refractivity contribution in [2.75, 3.05) is 13.1 Å². The van der Waals surface area contributed by atoms with E-state index in [2.05, 4.69) is 36.3 Å². The third kappa shape index (κ3) is 4.51. The van der Waals surface area contributed by atoms with Crippen LogP contribution in [-0.4, -0.2) is 49.9 Å². The molecule has 1 unspecified atom stereocenters. The smallest absolute Gasteiger partial charge is 0.262 e. The van der Waals surface area contributed by atoms with E-state index >= 15 is 0 Å². The molecule has 2 aromatic carbocycles. The first-order valence-corrected chi connectivity index (χ1v) is 15.4. The number of nitrogens with zero attached hydrogens (tertiary/aromatic N) is 6. The zero-order valence-corrected chi connectivity index (χ0v) is 24.0. The van der Waals surface area contributed by atoms with Gasteiger partial charge in [-0.15, -0.1) is 0 Å². The third-order valence-electron chi connectivity index (χ3n) is 8.59. The Hall–Kier alpha value is -4.02. The molecule has 7 rings (SSSR count). The first-order chi connectivity index (χ1) is 19.7. The molecule has 3 aromatic heterocycles. The maximum Gasteiger partial charge on any atom is 0.262 e. The van der Waals surface area contributed by atoms with Gasteiger partial charge in [0.2, 0.25) is 0 Å². The number of rotatable bonds is 7. The zero-order valence-electron chi connectivity index (χ0n) is 23.1. The SMILES string of the molecule is Cc1cc2c(cnn2-c2ccc(=O)n(C3CC3)c2)cc1C1(Cc2ccccc2)CCN(S(=O)(=O)c2ccn(C)n2)C1. The van der Waals surface area contributed by atoms with Gasteiger partial charge in [0.15, 0.2) is 5.03 Å². The van der Waals surface area contributed by atoms with Crippen LogP contribution in [0.4, 0.5) is 0 Å².